The van der Waals surface area contributed by atoms with Crippen molar-refractivity contribution in [3.63, 3.8) is 0 Å². The fraction of sp³-hybridized carbons (Fsp3) is 0.619. The number of hydrazone groups is 1. The highest BCUT2D eigenvalue weighted by Gasteiger charge is 2.45. The number of hydrogen-bond acceptors (Lipinski definition) is 5. The van der Waals surface area contributed by atoms with Crippen LogP contribution in [0.1, 0.15) is 26.3 Å². The Kier molecular flexibility index (Phi) is 9.26. The van der Waals surface area contributed by atoms with Gasteiger partial charge in [0.1, 0.15) is 13.1 Å². The van der Waals surface area contributed by atoms with Gasteiger partial charge in [-0.1, -0.05) is 36.7 Å². The quantitative estimate of drug-likeness (QED) is 0.258. The highest BCUT2D eigenvalue weighted by Crippen LogP contribution is 2.66. The fourth-order valence-corrected chi connectivity index (χ4v) is 9.20. The van der Waals surface area contributed by atoms with Crippen LogP contribution in [-0.2, 0) is 9.47 Å². The predicted molar refractivity (Wildman–Crippen MR) is 138 cm³/mol. The highest BCUT2D eigenvalue weighted by atomic mass is 79.9. The zero-order valence-corrected chi connectivity index (χ0v) is 22.5. The summed E-state index contributed by atoms with van der Waals surface area (Å²) in [6, 6.07) is 5.76. The number of benzene rings is 1. The molecule has 0 aliphatic carbocycles. The Hall–Kier alpha value is -0.870. The lowest BCUT2D eigenvalue weighted by atomic mass is 10.2. The monoisotopic (exact) mass is 545 g/mol. The summed E-state index contributed by atoms with van der Waals surface area (Å²) in [4.78, 5) is 0. The van der Waals surface area contributed by atoms with Gasteiger partial charge in [0.05, 0.1) is 39.8 Å². The molecule has 2 heterocycles. The lowest BCUT2D eigenvalue weighted by Gasteiger charge is -2.52. The van der Waals surface area contributed by atoms with Crippen molar-refractivity contribution in [3.05, 3.63) is 28.2 Å². The van der Waals surface area contributed by atoms with Gasteiger partial charge in [0.25, 0.3) is 0 Å². The molecule has 0 bridgehead atoms. The maximum Gasteiger partial charge on any atom is 0.214 e. The standard InChI is InChI=1S/C21H33BrN5O3PS/c1-21(2,3)31(26-7-11-29-12-8-26,27-9-13-30-14-10-27)25-20(32)24-23-16-17-15-18(22)5-6-19(17)28-4/h5-6,15-16H,7-14H2,1-4H3,(H,24,32)/b23-16-. The number of rotatable bonds is 5. The molecule has 0 atom stereocenters. The number of thiocarbonyl (C=S) groups is 1. The second-order valence-corrected chi connectivity index (χ2v) is 13.6. The van der Waals surface area contributed by atoms with E-state index in [0.29, 0.717) is 31.5 Å². The molecule has 0 aromatic heterocycles. The lowest BCUT2D eigenvalue weighted by molar-refractivity contribution is 0.0551. The van der Waals surface area contributed by atoms with Gasteiger partial charge in [0.2, 0.25) is 5.11 Å². The first-order valence-corrected chi connectivity index (χ1v) is 13.6. The Labute approximate surface area is 204 Å². The summed E-state index contributed by atoms with van der Waals surface area (Å²) in [6.07, 6.45) is 1.70. The molecule has 3 rings (SSSR count). The Morgan fingerprint density at radius 3 is 2.19 bits per heavy atom. The van der Waals surface area contributed by atoms with E-state index in [1.165, 1.54) is 0 Å². The molecule has 2 saturated heterocycles. The van der Waals surface area contributed by atoms with Crippen LogP contribution in [0, 0.1) is 0 Å². The van der Waals surface area contributed by atoms with Crippen LogP contribution in [0.4, 0.5) is 0 Å². The Balaban J connectivity index is 1.92. The molecule has 0 unspecified atom stereocenters. The molecule has 32 heavy (non-hydrogen) atoms. The first-order chi connectivity index (χ1) is 15.3. The SMILES string of the molecule is COc1ccc(Br)cc1/C=N\NC(=S)N=P(N1CCOCC1)(N1CCOCC1)C(C)(C)C. The summed E-state index contributed by atoms with van der Waals surface area (Å²) in [6.45, 7) is 13.0. The lowest BCUT2D eigenvalue weighted by Crippen LogP contribution is -2.48. The van der Waals surface area contributed by atoms with E-state index in [-0.39, 0.29) is 5.16 Å². The smallest absolute Gasteiger partial charge is 0.214 e. The number of hydrogen-bond donors (Lipinski definition) is 1. The van der Waals surface area contributed by atoms with Gasteiger partial charge in [-0.3, -0.25) is 14.8 Å². The topological polar surface area (TPSA) is 70.9 Å². The largest absolute Gasteiger partial charge is 0.496 e. The van der Waals surface area contributed by atoms with Crippen molar-refractivity contribution in [2.45, 2.75) is 25.9 Å². The minimum absolute atomic E-state index is 0.106. The van der Waals surface area contributed by atoms with Gasteiger partial charge in [-0.2, -0.15) is 5.10 Å². The number of morpholine rings is 2. The summed E-state index contributed by atoms with van der Waals surface area (Å²) >= 11 is 9.18. The van der Waals surface area contributed by atoms with Crippen LogP contribution in [0.5, 0.6) is 5.75 Å². The first-order valence-electron chi connectivity index (χ1n) is 10.7. The van der Waals surface area contributed by atoms with Gasteiger partial charge in [-0.05, 0) is 30.4 Å². The third-order valence-electron chi connectivity index (χ3n) is 5.45. The van der Waals surface area contributed by atoms with Gasteiger partial charge >= 0.3 is 0 Å². The van der Waals surface area contributed by atoms with Crippen LogP contribution in [0.2, 0.25) is 0 Å². The van der Waals surface area contributed by atoms with Crippen LogP contribution in [0.15, 0.2) is 32.5 Å². The van der Waals surface area contributed by atoms with Gasteiger partial charge in [0.15, 0.2) is 0 Å². The molecule has 2 fully saturated rings. The molecule has 1 N–H and O–H groups in total. The van der Waals surface area contributed by atoms with Crippen molar-refractivity contribution in [1.82, 2.24) is 14.8 Å². The molecule has 11 heteroatoms. The van der Waals surface area contributed by atoms with Crippen LogP contribution >= 0.6 is 35.5 Å². The Bertz CT molecular complexity index is 859. The average Bonchev–Trinajstić information content (AvgIpc) is 2.78. The summed E-state index contributed by atoms with van der Waals surface area (Å²) in [5.74, 6) is 0.736. The van der Waals surface area contributed by atoms with Gasteiger partial charge in [-0.25, -0.2) is 4.74 Å². The minimum Gasteiger partial charge on any atom is -0.496 e. The molecule has 0 radical (unpaired) electrons. The summed E-state index contributed by atoms with van der Waals surface area (Å²) in [5, 5.41) is 4.65. The molecule has 2 aliphatic rings. The number of methoxy groups -OCH3 is 1. The summed E-state index contributed by atoms with van der Waals surface area (Å²) < 4.78 is 27.9. The highest BCUT2D eigenvalue weighted by molar-refractivity contribution is 9.10. The van der Waals surface area contributed by atoms with E-state index in [9.17, 15) is 0 Å². The van der Waals surface area contributed by atoms with Crippen molar-refractivity contribution < 1.29 is 14.2 Å². The van der Waals surface area contributed by atoms with Crippen molar-refractivity contribution >= 4 is 46.8 Å². The number of nitrogens with one attached hydrogen (secondary N) is 1. The Morgan fingerprint density at radius 1 is 1.12 bits per heavy atom. The zero-order valence-electron chi connectivity index (χ0n) is 19.2. The molecule has 1 aromatic carbocycles. The minimum atomic E-state index is -2.20. The van der Waals surface area contributed by atoms with Gasteiger partial charge < -0.3 is 14.2 Å². The summed E-state index contributed by atoms with van der Waals surface area (Å²) in [5.41, 5.74) is 3.83. The number of halogens is 1. The molecule has 2 aliphatic heterocycles. The van der Waals surface area contributed by atoms with E-state index in [0.717, 1.165) is 42.0 Å². The summed E-state index contributed by atoms with van der Waals surface area (Å²) in [7, 11) is -0.561. The molecular formula is C21H33BrN5O3PS. The molecule has 8 nitrogen and oxygen atoms in total. The van der Waals surface area contributed by atoms with E-state index in [4.69, 9.17) is 31.2 Å². The van der Waals surface area contributed by atoms with Crippen LogP contribution in [0.3, 0.4) is 0 Å². The van der Waals surface area contributed by atoms with Crippen molar-refractivity contribution in [1.29, 1.82) is 0 Å². The Morgan fingerprint density at radius 2 is 1.69 bits per heavy atom. The van der Waals surface area contributed by atoms with Crippen molar-refractivity contribution in [2.24, 2.45) is 9.85 Å². The second-order valence-electron chi connectivity index (χ2n) is 8.53. The third-order valence-corrected chi connectivity index (χ3v) is 10.9. The molecular weight excluding hydrogens is 513 g/mol. The average molecular weight is 546 g/mol. The van der Waals surface area contributed by atoms with Crippen LogP contribution in [-0.4, -0.2) is 85.5 Å². The van der Waals surface area contributed by atoms with Gasteiger partial charge in [0, 0.05) is 41.4 Å². The zero-order chi connectivity index (χ0) is 23.2. The second kappa shape index (κ2) is 11.5. The maximum absolute atomic E-state index is 5.69. The molecule has 0 spiro atoms. The predicted octanol–water partition coefficient (Wildman–Crippen LogP) is 4.16. The van der Waals surface area contributed by atoms with Crippen molar-refractivity contribution in [3.8, 4) is 5.75 Å². The normalized spacial score (nSPS) is 19.2. The van der Waals surface area contributed by atoms with E-state index >= 15 is 0 Å². The van der Waals surface area contributed by atoms with E-state index in [2.05, 4.69) is 56.6 Å². The first kappa shape index (κ1) is 25.7. The van der Waals surface area contributed by atoms with Crippen LogP contribution in [0.25, 0.3) is 0 Å². The number of ether oxygens (including phenoxy) is 3. The third kappa shape index (κ3) is 5.97. The number of nitrogens with zero attached hydrogens (tertiary/aromatic N) is 4. The molecule has 178 valence electrons. The van der Waals surface area contributed by atoms with E-state index in [1.54, 1.807) is 13.3 Å². The van der Waals surface area contributed by atoms with E-state index in [1.807, 2.05) is 18.2 Å². The maximum atomic E-state index is 5.69. The van der Waals surface area contributed by atoms with E-state index < -0.39 is 7.36 Å². The van der Waals surface area contributed by atoms with Gasteiger partial charge in [-0.15, -0.1) is 0 Å². The molecule has 0 amide bonds. The van der Waals surface area contributed by atoms with Crippen molar-refractivity contribution in [2.75, 3.05) is 59.7 Å². The molecule has 1 aromatic rings. The van der Waals surface area contributed by atoms with Crippen LogP contribution < -0.4 is 10.2 Å². The molecule has 0 saturated carbocycles. The fourth-order valence-electron chi connectivity index (χ4n) is 4.08.